The van der Waals surface area contributed by atoms with Crippen LogP contribution in [-0.2, 0) is 6.42 Å². The molecule has 1 heterocycles. The highest BCUT2D eigenvalue weighted by molar-refractivity contribution is 7.07. The van der Waals surface area contributed by atoms with Gasteiger partial charge in [-0.25, -0.2) is 0 Å². The highest BCUT2D eigenvalue weighted by Gasteiger charge is 2.26. The standard InChI is InChI=1S/C12H22N4OS/c1-5-9-10(18-15-14-9)11(17)16(6-2)8-12(3,4)7-13/h5-8,13H2,1-4H3. The molecule has 0 fully saturated rings. The number of aryl methyl sites for hydroxylation is 1. The van der Waals surface area contributed by atoms with Gasteiger partial charge in [0.25, 0.3) is 5.91 Å². The van der Waals surface area contributed by atoms with Crippen molar-refractivity contribution in [1.29, 1.82) is 0 Å². The summed E-state index contributed by atoms with van der Waals surface area (Å²) in [6.45, 7) is 9.96. The summed E-state index contributed by atoms with van der Waals surface area (Å²) >= 11 is 1.18. The van der Waals surface area contributed by atoms with E-state index < -0.39 is 0 Å². The molecule has 18 heavy (non-hydrogen) atoms. The van der Waals surface area contributed by atoms with Crippen molar-refractivity contribution in [1.82, 2.24) is 14.5 Å². The van der Waals surface area contributed by atoms with E-state index in [-0.39, 0.29) is 11.3 Å². The van der Waals surface area contributed by atoms with Crippen molar-refractivity contribution < 1.29 is 4.79 Å². The van der Waals surface area contributed by atoms with Crippen LogP contribution in [0, 0.1) is 5.41 Å². The lowest BCUT2D eigenvalue weighted by molar-refractivity contribution is 0.0704. The minimum Gasteiger partial charge on any atom is -0.338 e. The first-order valence-corrected chi connectivity index (χ1v) is 7.03. The molecule has 2 N–H and O–H groups in total. The fourth-order valence-electron chi connectivity index (χ4n) is 1.65. The first-order chi connectivity index (χ1) is 8.45. The lowest BCUT2D eigenvalue weighted by Gasteiger charge is -2.30. The van der Waals surface area contributed by atoms with Crippen molar-refractivity contribution in [3.8, 4) is 0 Å². The summed E-state index contributed by atoms with van der Waals surface area (Å²) in [5.74, 6) is 0.0193. The molecule has 6 heteroatoms. The summed E-state index contributed by atoms with van der Waals surface area (Å²) in [5.41, 5.74) is 6.44. The Balaban J connectivity index is 2.86. The van der Waals surface area contributed by atoms with Crippen LogP contribution in [0.15, 0.2) is 0 Å². The van der Waals surface area contributed by atoms with Gasteiger partial charge >= 0.3 is 0 Å². The van der Waals surface area contributed by atoms with Crippen molar-refractivity contribution in [2.24, 2.45) is 11.1 Å². The molecule has 1 aromatic rings. The van der Waals surface area contributed by atoms with Crippen molar-refractivity contribution >= 4 is 17.4 Å². The largest absolute Gasteiger partial charge is 0.338 e. The molecule has 0 atom stereocenters. The number of carbonyl (C=O) groups is 1. The fourth-order valence-corrected chi connectivity index (χ4v) is 2.37. The zero-order valence-electron chi connectivity index (χ0n) is 11.6. The second-order valence-electron chi connectivity index (χ2n) is 5.09. The SMILES string of the molecule is CCc1nnsc1C(=O)N(CC)CC(C)(C)CN. The molecule has 0 aliphatic heterocycles. The molecule has 1 aromatic heterocycles. The second kappa shape index (κ2) is 6.24. The average molecular weight is 270 g/mol. The Morgan fingerprint density at radius 2 is 2.11 bits per heavy atom. The summed E-state index contributed by atoms with van der Waals surface area (Å²) in [6, 6.07) is 0. The predicted octanol–water partition coefficient (Wildman–Crippen LogP) is 1.55. The Hall–Kier alpha value is -1.01. The number of carbonyl (C=O) groups excluding carboxylic acids is 1. The number of hydrogen-bond acceptors (Lipinski definition) is 5. The second-order valence-corrected chi connectivity index (χ2v) is 5.84. The van der Waals surface area contributed by atoms with Crippen LogP contribution in [0.1, 0.15) is 43.1 Å². The van der Waals surface area contributed by atoms with Crippen molar-refractivity contribution in [2.75, 3.05) is 19.6 Å². The quantitative estimate of drug-likeness (QED) is 0.851. The van der Waals surface area contributed by atoms with Gasteiger partial charge < -0.3 is 10.6 Å². The molecule has 5 nitrogen and oxygen atoms in total. The van der Waals surface area contributed by atoms with E-state index in [4.69, 9.17) is 5.73 Å². The van der Waals surface area contributed by atoms with Gasteiger partial charge in [0.1, 0.15) is 4.88 Å². The molecule has 0 spiro atoms. The Kier molecular flexibility index (Phi) is 5.22. The van der Waals surface area contributed by atoms with E-state index in [0.29, 0.717) is 24.5 Å². The van der Waals surface area contributed by atoms with E-state index in [1.54, 1.807) is 0 Å². The molecular weight excluding hydrogens is 248 g/mol. The molecule has 0 unspecified atom stereocenters. The van der Waals surface area contributed by atoms with Crippen molar-refractivity contribution in [3.05, 3.63) is 10.6 Å². The highest BCUT2D eigenvalue weighted by Crippen LogP contribution is 2.19. The van der Waals surface area contributed by atoms with Gasteiger partial charge in [0.2, 0.25) is 0 Å². The number of nitrogens with two attached hydrogens (primary N) is 1. The Morgan fingerprint density at radius 3 is 2.61 bits per heavy atom. The van der Waals surface area contributed by atoms with Crippen LogP contribution in [0.4, 0.5) is 0 Å². The van der Waals surface area contributed by atoms with Crippen LogP contribution in [0.2, 0.25) is 0 Å². The van der Waals surface area contributed by atoms with Gasteiger partial charge in [-0.3, -0.25) is 4.79 Å². The Morgan fingerprint density at radius 1 is 1.44 bits per heavy atom. The zero-order valence-corrected chi connectivity index (χ0v) is 12.4. The normalized spacial score (nSPS) is 11.6. The van der Waals surface area contributed by atoms with Gasteiger partial charge in [-0.15, -0.1) is 5.10 Å². The molecule has 0 saturated carbocycles. The molecule has 1 amide bonds. The Bertz CT molecular complexity index is 403. The Labute approximate surface area is 113 Å². The minimum atomic E-state index is -0.0732. The monoisotopic (exact) mass is 270 g/mol. The number of amides is 1. The number of aromatic nitrogens is 2. The van der Waals surface area contributed by atoms with E-state index in [1.165, 1.54) is 11.5 Å². The van der Waals surface area contributed by atoms with Crippen LogP contribution in [0.5, 0.6) is 0 Å². The third kappa shape index (κ3) is 3.49. The topological polar surface area (TPSA) is 72.1 Å². The summed E-state index contributed by atoms with van der Waals surface area (Å²) in [5, 5.41) is 3.99. The molecule has 0 radical (unpaired) electrons. The van der Waals surface area contributed by atoms with Crippen LogP contribution in [0.3, 0.4) is 0 Å². The van der Waals surface area contributed by atoms with Gasteiger partial charge in [0, 0.05) is 13.1 Å². The van der Waals surface area contributed by atoms with Crippen LogP contribution >= 0.6 is 11.5 Å². The highest BCUT2D eigenvalue weighted by atomic mass is 32.1. The van der Waals surface area contributed by atoms with Crippen LogP contribution in [0.25, 0.3) is 0 Å². The number of hydrogen-bond donors (Lipinski definition) is 1. The molecule has 0 aromatic carbocycles. The minimum absolute atomic E-state index is 0.0193. The van der Waals surface area contributed by atoms with Gasteiger partial charge in [-0.1, -0.05) is 25.3 Å². The first-order valence-electron chi connectivity index (χ1n) is 6.25. The smallest absolute Gasteiger partial charge is 0.267 e. The van der Waals surface area contributed by atoms with E-state index in [2.05, 4.69) is 23.4 Å². The number of nitrogens with zero attached hydrogens (tertiary/aromatic N) is 3. The van der Waals surface area contributed by atoms with E-state index in [0.717, 1.165) is 12.1 Å². The summed E-state index contributed by atoms with van der Waals surface area (Å²) in [6.07, 6.45) is 0.732. The van der Waals surface area contributed by atoms with Gasteiger partial charge in [0.05, 0.1) is 5.69 Å². The molecule has 0 aliphatic rings. The average Bonchev–Trinajstić information content (AvgIpc) is 2.83. The van der Waals surface area contributed by atoms with Gasteiger partial charge in [-0.2, -0.15) is 0 Å². The maximum atomic E-state index is 12.4. The maximum absolute atomic E-state index is 12.4. The summed E-state index contributed by atoms with van der Waals surface area (Å²) in [7, 11) is 0. The lowest BCUT2D eigenvalue weighted by Crippen LogP contribution is -2.42. The third-order valence-corrected chi connectivity index (χ3v) is 3.68. The van der Waals surface area contributed by atoms with E-state index in [1.807, 2.05) is 18.7 Å². The summed E-state index contributed by atoms with van der Waals surface area (Å²) in [4.78, 5) is 14.9. The zero-order chi connectivity index (χ0) is 13.8. The number of rotatable bonds is 6. The fraction of sp³-hybridized carbons (Fsp3) is 0.750. The van der Waals surface area contributed by atoms with Crippen molar-refractivity contribution in [2.45, 2.75) is 34.1 Å². The van der Waals surface area contributed by atoms with Crippen LogP contribution < -0.4 is 5.73 Å². The molecule has 1 rings (SSSR count). The maximum Gasteiger partial charge on any atom is 0.267 e. The lowest BCUT2D eigenvalue weighted by atomic mass is 9.93. The molecule has 0 bridgehead atoms. The predicted molar refractivity (Wildman–Crippen MR) is 73.7 cm³/mol. The van der Waals surface area contributed by atoms with Gasteiger partial charge in [-0.05, 0) is 36.8 Å². The van der Waals surface area contributed by atoms with Crippen molar-refractivity contribution in [3.63, 3.8) is 0 Å². The molecule has 0 saturated heterocycles. The van der Waals surface area contributed by atoms with E-state index >= 15 is 0 Å². The molecule has 0 aliphatic carbocycles. The molecular formula is C12H22N4OS. The van der Waals surface area contributed by atoms with Gasteiger partial charge in [0.15, 0.2) is 0 Å². The van der Waals surface area contributed by atoms with Crippen LogP contribution in [-0.4, -0.2) is 40.0 Å². The summed E-state index contributed by atoms with van der Waals surface area (Å²) < 4.78 is 3.87. The molecule has 102 valence electrons. The first kappa shape index (κ1) is 15.0. The van der Waals surface area contributed by atoms with E-state index in [9.17, 15) is 4.79 Å². The third-order valence-electron chi connectivity index (χ3n) is 2.93.